The molecule has 1 aliphatic heterocycles. The van der Waals surface area contributed by atoms with Crippen molar-refractivity contribution >= 4 is 17.5 Å². The van der Waals surface area contributed by atoms with E-state index in [-0.39, 0.29) is 23.5 Å². The Morgan fingerprint density at radius 2 is 1.75 bits per heavy atom. The number of amides is 2. The van der Waals surface area contributed by atoms with Crippen molar-refractivity contribution in [2.45, 2.75) is 32.2 Å². The van der Waals surface area contributed by atoms with E-state index in [1.807, 2.05) is 24.3 Å². The van der Waals surface area contributed by atoms with E-state index in [1.54, 1.807) is 12.1 Å². The summed E-state index contributed by atoms with van der Waals surface area (Å²) in [5.74, 6) is -0.626. The number of rotatable bonds is 7. The predicted octanol–water partition coefficient (Wildman–Crippen LogP) is 2.78. The molecular weight excluding hydrogens is 357 g/mol. The zero-order valence-electron chi connectivity index (χ0n) is 15.9. The molecule has 3 N–H and O–H groups in total. The number of nitrogens with one attached hydrogen (secondary N) is 1. The van der Waals surface area contributed by atoms with Crippen molar-refractivity contribution in [1.29, 1.82) is 0 Å². The molecule has 1 saturated heterocycles. The number of anilines is 1. The molecule has 0 bridgehead atoms. The van der Waals surface area contributed by atoms with Crippen LogP contribution in [0.2, 0.25) is 0 Å². The lowest BCUT2D eigenvalue weighted by molar-refractivity contribution is -0.122. The van der Waals surface area contributed by atoms with Crippen LogP contribution in [0.15, 0.2) is 48.5 Å². The Bertz CT molecular complexity index is 806. The Hall–Kier alpha value is -2.89. The van der Waals surface area contributed by atoms with Crippen LogP contribution in [0.4, 0.5) is 10.1 Å². The van der Waals surface area contributed by atoms with E-state index >= 15 is 0 Å². The molecule has 1 fully saturated rings. The number of benzene rings is 2. The van der Waals surface area contributed by atoms with E-state index in [0.717, 1.165) is 36.2 Å². The van der Waals surface area contributed by atoms with Crippen molar-refractivity contribution in [2.75, 3.05) is 18.0 Å². The molecule has 6 heteroatoms. The molecule has 148 valence electrons. The molecule has 0 unspecified atom stereocenters. The first-order valence-corrected chi connectivity index (χ1v) is 9.65. The molecule has 2 aromatic carbocycles. The van der Waals surface area contributed by atoms with Crippen LogP contribution in [0.3, 0.4) is 0 Å². The number of carbonyl (C=O) groups excluding carboxylic acids is 2. The van der Waals surface area contributed by atoms with Crippen LogP contribution in [0.25, 0.3) is 0 Å². The summed E-state index contributed by atoms with van der Waals surface area (Å²) in [6.45, 7) is 2.05. The quantitative estimate of drug-likeness (QED) is 0.772. The number of aryl methyl sites for hydroxylation is 1. The van der Waals surface area contributed by atoms with Gasteiger partial charge in [0.05, 0.1) is 5.92 Å². The zero-order chi connectivity index (χ0) is 19.9. The van der Waals surface area contributed by atoms with Crippen LogP contribution < -0.4 is 16.0 Å². The highest BCUT2D eigenvalue weighted by atomic mass is 19.1. The maximum atomic E-state index is 12.9. The van der Waals surface area contributed by atoms with Crippen LogP contribution in [0.5, 0.6) is 0 Å². The van der Waals surface area contributed by atoms with Gasteiger partial charge in [0.1, 0.15) is 5.82 Å². The molecule has 1 heterocycles. The summed E-state index contributed by atoms with van der Waals surface area (Å²) in [4.78, 5) is 25.6. The summed E-state index contributed by atoms with van der Waals surface area (Å²) in [6, 6.07) is 14.2. The number of hydrogen-bond donors (Lipinski definition) is 2. The number of primary amides is 1. The van der Waals surface area contributed by atoms with Crippen molar-refractivity contribution in [3.8, 4) is 0 Å². The highest BCUT2D eigenvalue weighted by molar-refractivity contribution is 5.77. The van der Waals surface area contributed by atoms with E-state index < -0.39 is 0 Å². The number of hydrogen-bond acceptors (Lipinski definition) is 3. The molecule has 0 spiro atoms. The maximum Gasteiger partial charge on any atom is 0.222 e. The standard InChI is InChI=1S/C22H26FN3O2/c23-19-8-3-16(4-9-19)7-12-21(27)25-14-17-5-10-20(11-6-17)26-13-1-2-18(15-26)22(24)28/h3-6,8-11,18H,1-2,7,12-15H2,(H2,24,28)(H,25,27)/t18-/m1/s1. The molecule has 5 nitrogen and oxygen atoms in total. The van der Waals surface area contributed by atoms with E-state index in [4.69, 9.17) is 5.73 Å². The molecule has 2 amide bonds. The zero-order valence-corrected chi connectivity index (χ0v) is 15.9. The van der Waals surface area contributed by atoms with Crippen LogP contribution in [0.1, 0.15) is 30.4 Å². The summed E-state index contributed by atoms with van der Waals surface area (Å²) in [7, 11) is 0. The fourth-order valence-corrected chi connectivity index (χ4v) is 3.47. The van der Waals surface area contributed by atoms with Gasteiger partial charge < -0.3 is 16.0 Å². The van der Waals surface area contributed by atoms with Crippen LogP contribution in [0, 0.1) is 11.7 Å². The predicted molar refractivity (Wildman–Crippen MR) is 107 cm³/mol. The fraction of sp³-hybridized carbons (Fsp3) is 0.364. The normalized spacial score (nSPS) is 16.6. The lowest BCUT2D eigenvalue weighted by Crippen LogP contribution is -2.41. The number of nitrogens with zero attached hydrogens (tertiary/aromatic N) is 1. The van der Waals surface area contributed by atoms with Crippen LogP contribution in [-0.4, -0.2) is 24.9 Å². The SMILES string of the molecule is NC(=O)[C@@H]1CCCN(c2ccc(CNC(=O)CCc3ccc(F)cc3)cc2)C1. The molecule has 0 radical (unpaired) electrons. The first kappa shape index (κ1) is 19.9. The lowest BCUT2D eigenvalue weighted by Gasteiger charge is -2.33. The van der Waals surface area contributed by atoms with Crippen molar-refractivity contribution in [2.24, 2.45) is 11.7 Å². The summed E-state index contributed by atoms with van der Waals surface area (Å²) in [5, 5.41) is 2.91. The second kappa shape index (κ2) is 9.35. The van der Waals surface area contributed by atoms with Crippen LogP contribution in [-0.2, 0) is 22.6 Å². The minimum atomic E-state index is -0.272. The summed E-state index contributed by atoms with van der Waals surface area (Å²) < 4.78 is 12.9. The molecule has 3 rings (SSSR count). The van der Waals surface area contributed by atoms with Gasteiger partial charge in [0.15, 0.2) is 0 Å². The Labute approximate surface area is 164 Å². The first-order chi connectivity index (χ1) is 13.5. The molecule has 0 aromatic heterocycles. The van der Waals surface area contributed by atoms with Gasteiger partial charge in [-0.25, -0.2) is 4.39 Å². The summed E-state index contributed by atoms with van der Waals surface area (Å²) in [5.41, 5.74) is 8.47. The number of piperidine rings is 1. The lowest BCUT2D eigenvalue weighted by atomic mass is 9.97. The van der Waals surface area contributed by atoms with Crippen molar-refractivity contribution < 1.29 is 14.0 Å². The highest BCUT2D eigenvalue weighted by Crippen LogP contribution is 2.23. The third-order valence-electron chi connectivity index (χ3n) is 5.17. The minimum absolute atomic E-state index is 0.0336. The van der Waals surface area contributed by atoms with Gasteiger partial charge in [0, 0.05) is 31.7 Å². The van der Waals surface area contributed by atoms with Gasteiger partial charge in [-0.3, -0.25) is 9.59 Å². The van der Waals surface area contributed by atoms with E-state index in [9.17, 15) is 14.0 Å². The van der Waals surface area contributed by atoms with Crippen molar-refractivity contribution in [3.63, 3.8) is 0 Å². The topological polar surface area (TPSA) is 75.4 Å². The number of carbonyl (C=O) groups is 2. The Morgan fingerprint density at radius 3 is 2.43 bits per heavy atom. The van der Waals surface area contributed by atoms with Gasteiger partial charge in [0.2, 0.25) is 11.8 Å². The monoisotopic (exact) mass is 383 g/mol. The second-order valence-corrected chi connectivity index (χ2v) is 7.26. The molecule has 0 aliphatic carbocycles. The van der Waals surface area contributed by atoms with E-state index in [2.05, 4.69) is 10.2 Å². The van der Waals surface area contributed by atoms with Crippen molar-refractivity contribution in [3.05, 3.63) is 65.5 Å². The molecule has 28 heavy (non-hydrogen) atoms. The van der Waals surface area contributed by atoms with E-state index in [1.165, 1.54) is 12.1 Å². The fourth-order valence-electron chi connectivity index (χ4n) is 3.47. The van der Waals surface area contributed by atoms with Gasteiger partial charge in [-0.1, -0.05) is 24.3 Å². The molecular formula is C22H26FN3O2. The average Bonchev–Trinajstić information content (AvgIpc) is 2.72. The minimum Gasteiger partial charge on any atom is -0.371 e. The molecule has 1 atom stereocenters. The van der Waals surface area contributed by atoms with Gasteiger partial charge in [-0.15, -0.1) is 0 Å². The molecule has 0 saturated carbocycles. The highest BCUT2D eigenvalue weighted by Gasteiger charge is 2.23. The number of nitrogens with two attached hydrogens (primary N) is 1. The second-order valence-electron chi connectivity index (χ2n) is 7.26. The smallest absolute Gasteiger partial charge is 0.222 e. The van der Waals surface area contributed by atoms with Gasteiger partial charge >= 0.3 is 0 Å². The van der Waals surface area contributed by atoms with Gasteiger partial charge in [-0.2, -0.15) is 0 Å². The Kier molecular flexibility index (Phi) is 6.63. The average molecular weight is 383 g/mol. The van der Waals surface area contributed by atoms with Crippen molar-refractivity contribution in [1.82, 2.24) is 5.32 Å². The third-order valence-corrected chi connectivity index (χ3v) is 5.17. The molecule has 2 aromatic rings. The van der Waals surface area contributed by atoms with Gasteiger partial charge in [-0.05, 0) is 54.7 Å². The third kappa shape index (κ3) is 5.55. The summed E-state index contributed by atoms with van der Waals surface area (Å²) >= 11 is 0. The Balaban J connectivity index is 1.45. The largest absolute Gasteiger partial charge is 0.371 e. The Morgan fingerprint density at radius 1 is 1.07 bits per heavy atom. The van der Waals surface area contributed by atoms with Gasteiger partial charge in [0.25, 0.3) is 0 Å². The number of halogens is 1. The van der Waals surface area contributed by atoms with E-state index in [0.29, 0.717) is 25.9 Å². The molecule has 1 aliphatic rings. The maximum absolute atomic E-state index is 12.9. The first-order valence-electron chi connectivity index (χ1n) is 9.65. The summed E-state index contributed by atoms with van der Waals surface area (Å²) in [6.07, 6.45) is 2.76. The van der Waals surface area contributed by atoms with Crippen LogP contribution >= 0.6 is 0 Å².